The summed E-state index contributed by atoms with van der Waals surface area (Å²) in [5.74, 6) is -1.36. The molecule has 0 unspecified atom stereocenters. The Morgan fingerprint density at radius 3 is 2.54 bits per heavy atom. The number of rotatable bonds is 5. The van der Waals surface area contributed by atoms with Crippen LogP contribution in [0.15, 0.2) is 76.2 Å². The Morgan fingerprint density at radius 2 is 1.82 bits per heavy atom. The van der Waals surface area contributed by atoms with Crippen molar-refractivity contribution in [3.05, 3.63) is 92.5 Å². The largest absolute Gasteiger partial charge is 0.350 e. The minimum Gasteiger partial charge on any atom is -0.350 e. The molecular formula is C21H14BrFN2O2S. The number of carbonyl (C=O) groups excluding carboxylic acids is 2. The van der Waals surface area contributed by atoms with Crippen LogP contribution >= 0.6 is 27.3 Å². The van der Waals surface area contributed by atoms with Crippen LogP contribution in [0.25, 0.3) is 5.57 Å². The number of hydrogen-bond acceptors (Lipinski definition) is 4. The number of benzene rings is 2. The van der Waals surface area contributed by atoms with E-state index in [1.165, 1.54) is 17.4 Å². The van der Waals surface area contributed by atoms with E-state index >= 15 is 0 Å². The first kappa shape index (κ1) is 18.6. The fourth-order valence-electron chi connectivity index (χ4n) is 2.99. The van der Waals surface area contributed by atoms with Gasteiger partial charge < -0.3 is 5.32 Å². The molecule has 1 aromatic heterocycles. The van der Waals surface area contributed by atoms with Gasteiger partial charge in [-0.05, 0) is 35.7 Å². The molecule has 28 heavy (non-hydrogen) atoms. The normalized spacial score (nSPS) is 14.1. The number of imide groups is 1. The fourth-order valence-corrected chi connectivity index (χ4v) is 4.16. The Kier molecular flexibility index (Phi) is 5.11. The molecule has 0 aliphatic carbocycles. The molecule has 2 amide bonds. The van der Waals surface area contributed by atoms with Crippen LogP contribution in [0, 0.1) is 5.82 Å². The molecule has 0 saturated carbocycles. The molecule has 4 rings (SSSR count). The smallest absolute Gasteiger partial charge is 0.278 e. The molecule has 1 N–H and O–H groups in total. The molecule has 0 radical (unpaired) electrons. The number of nitrogens with one attached hydrogen (secondary N) is 1. The third kappa shape index (κ3) is 3.50. The van der Waals surface area contributed by atoms with Crippen molar-refractivity contribution in [1.29, 1.82) is 0 Å². The SMILES string of the molecule is O=C1C(Nc2cccc(Br)c2)=C(c2cccs2)C(=O)N1Cc1ccccc1F. The Morgan fingerprint density at radius 1 is 1.00 bits per heavy atom. The van der Waals surface area contributed by atoms with Gasteiger partial charge in [-0.15, -0.1) is 11.3 Å². The molecule has 7 heteroatoms. The Labute approximate surface area is 173 Å². The Bertz CT molecular complexity index is 1100. The van der Waals surface area contributed by atoms with E-state index in [0.717, 1.165) is 9.37 Å². The van der Waals surface area contributed by atoms with E-state index in [1.54, 1.807) is 30.3 Å². The third-order valence-corrected chi connectivity index (χ3v) is 5.70. The maximum absolute atomic E-state index is 14.1. The van der Waals surface area contributed by atoms with Crippen molar-refractivity contribution in [2.24, 2.45) is 0 Å². The molecule has 0 spiro atoms. The van der Waals surface area contributed by atoms with E-state index in [2.05, 4.69) is 21.2 Å². The first-order valence-electron chi connectivity index (χ1n) is 8.45. The molecule has 140 valence electrons. The summed E-state index contributed by atoms with van der Waals surface area (Å²) in [6.07, 6.45) is 0. The number of anilines is 1. The molecule has 3 aromatic rings. The molecule has 2 heterocycles. The average molecular weight is 457 g/mol. The predicted octanol–water partition coefficient (Wildman–Crippen LogP) is 5.04. The van der Waals surface area contributed by atoms with E-state index < -0.39 is 17.6 Å². The first-order chi connectivity index (χ1) is 13.5. The summed E-state index contributed by atoms with van der Waals surface area (Å²) < 4.78 is 14.9. The third-order valence-electron chi connectivity index (χ3n) is 4.32. The molecule has 1 aliphatic heterocycles. The lowest BCUT2D eigenvalue weighted by Crippen LogP contribution is -2.32. The van der Waals surface area contributed by atoms with Crippen molar-refractivity contribution in [2.45, 2.75) is 6.54 Å². The molecular weight excluding hydrogens is 443 g/mol. The van der Waals surface area contributed by atoms with E-state index in [9.17, 15) is 14.0 Å². The maximum Gasteiger partial charge on any atom is 0.278 e. The number of carbonyl (C=O) groups is 2. The summed E-state index contributed by atoms with van der Waals surface area (Å²) in [4.78, 5) is 27.9. The van der Waals surface area contributed by atoms with Crippen LogP contribution in [0.2, 0.25) is 0 Å². The van der Waals surface area contributed by atoms with Gasteiger partial charge in [-0.3, -0.25) is 14.5 Å². The second-order valence-corrected chi connectivity index (χ2v) is 8.01. The topological polar surface area (TPSA) is 49.4 Å². The molecule has 2 aromatic carbocycles. The zero-order valence-corrected chi connectivity index (χ0v) is 16.9. The van der Waals surface area contributed by atoms with E-state index in [0.29, 0.717) is 21.7 Å². The first-order valence-corrected chi connectivity index (χ1v) is 10.1. The van der Waals surface area contributed by atoms with Gasteiger partial charge in [0.05, 0.1) is 12.1 Å². The quantitative estimate of drug-likeness (QED) is 0.546. The molecule has 4 nitrogen and oxygen atoms in total. The summed E-state index contributed by atoms with van der Waals surface area (Å²) in [5.41, 5.74) is 1.46. The van der Waals surface area contributed by atoms with Crippen LogP contribution in [-0.2, 0) is 16.1 Å². The van der Waals surface area contributed by atoms with Gasteiger partial charge in [0.25, 0.3) is 11.8 Å². The van der Waals surface area contributed by atoms with Crippen LogP contribution in [-0.4, -0.2) is 16.7 Å². The summed E-state index contributed by atoms with van der Waals surface area (Å²) in [6, 6.07) is 17.1. The van der Waals surface area contributed by atoms with Crippen LogP contribution < -0.4 is 5.32 Å². The number of halogens is 2. The second kappa shape index (κ2) is 7.69. The minimum atomic E-state index is -0.475. The van der Waals surface area contributed by atoms with Gasteiger partial charge in [0.2, 0.25) is 0 Å². The monoisotopic (exact) mass is 456 g/mol. The van der Waals surface area contributed by atoms with Crippen molar-refractivity contribution >= 4 is 50.3 Å². The maximum atomic E-state index is 14.1. The van der Waals surface area contributed by atoms with E-state index in [4.69, 9.17) is 0 Å². The molecule has 0 atom stereocenters. The fraction of sp³-hybridized carbons (Fsp3) is 0.0476. The van der Waals surface area contributed by atoms with Gasteiger partial charge in [0.15, 0.2) is 0 Å². The molecule has 0 saturated heterocycles. The van der Waals surface area contributed by atoms with Crippen molar-refractivity contribution in [2.75, 3.05) is 5.32 Å². The highest BCUT2D eigenvalue weighted by Gasteiger charge is 2.39. The lowest BCUT2D eigenvalue weighted by molar-refractivity contribution is -0.137. The summed E-state index contributed by atoms with van der Waals surface area (Å²) >= 11 is 4.77. The van der Waals surface area contributed by atoms with Gasteiger partial charge in [-0.25, -0.2) is 4.39 Å². The summed E-state index contributed by atoms with van der Waals surface area (Å²) in [7, 11) is 0. The lowest BCUT2D eigenvalue weighted by atomic mass is 10.1. The van der Waals surface area contributed by atoms with E-state index in [-0.39, 0.29) is 12.2 Å². The summed E-state index contributed by atoms with van der Waals surface area (Å²) in [6.45, 7) is -0.122. The molecule has 0 bridgehead atoms. The number of nitrogens with zero attached hydrogens (tertiary/aromatic N) is 1. The number of thiophene rings is 1. The van der Waals surface area contributed by atoms with Crippen LogP contribution in [0.3, 0.4) is 0 Å². The van der Waals surface area contributed by atoms with Crippen molar-refractivity contribution in [3.8, 4) is 0 Å². The predicted molar refractivity (Wildman–Crippen MR) is 111 cm³/mol. The van der Waals surface area contributed by atoms with Crippen molar-refractivity contribution in [3.63, 3.8) is 0 Å². The van der Waals surface area contributed by atoms with Gasteiger partial charge in [-0.2, -0.15) is 0 Å². The van der Waals surface area contributed by atoms with Crippen molar-refractivity contribution < 1.29 is 14.0 Å². The van der Waals surface area contributed by atoms with Crippen LogP contribution in [0.4, 0.5) is 10.1 Å². The standard InChI is InChI=1S/C21H14BrFN2O2S/c22-14-6-3-7-15(11-14)24-19-18(17-9-4-10-28-17)20(26)25(21(19)27)12-13-5-1-2-8-16(13)23/h1-11,24H,12H2. The van der Waals surface area contributed by atoms with Gasteiger partial charge in [0.1, 0.15) is 11.5 Å². The van der Waals surface area contributed by atoms with Crippen LogP contribution in [0.1, 0.15) is 10.4 Å². The summed E-state index contributed by atoms with van der Waals surface area (Å²) in [5, 5.41) is 4.92. The highest BCUT2D eigenvalue weighted by molar-refractivity contribution is 9.10. The van der Waals surface area contributed by atoms with Gasteiger partial charge in [-0.1, -0.05) is 46.3 Å². The van der Waals surface area contributed by atoms with Gasteiger partial charge >= 0.3 is 0 Å². The Balaban J connectivity index is 1.72. The van der Waals surface area contributed by atoms with E-state index in [1.807, 2.05) is 29.6 Å². The average Bonchev–Trinajstić information content (AvgIpc) is 3.27. The number of amides is 2. The molecule has 0 fully saturated rings. The zero-order valence-electron chi connectivity index (χ0n) is 14.5. The number of hydrogen-bond donors (Lipinski definition) is 1. The zero-order chi connectivity index (χ0) is 19.7. The minimum absolute atomic E-state index is 0.122. The Hall–Kier alpha value is -2.77. The van der Waals surface area contributed by atoms with Crippen molar-refractivity contribution in [1.82, 2.24) is 4.90 Å². The second-order valence-electron chi connectivity index (χ2n) is 6.15. The van der Waals surface area contributed by atoms with Crippen LogP contribution in [0.5, 0.6) is 0 Å². The van der Waals surface area contributed by atoms with Gasteiger partial charge in [0, 0.05) is 20.6 Å². The highest BCUT2D eigenvalue weighted by atomic mass is 79.9. The molecule has 1 aliphatic rings. The highest BCUT2D eigenvalue weighted by Crippen LogP contribution is 2.34. The lowest BCUT2D eigenvalue weighted by Gasteiger charge is -2.16.